The van der Waals surface area contributed by atoms with E-state index >= 15 is 0 Å². The molecule has 1 N–H and O–H groups in total. The number of hydrogen-bond donors (Lipinski definition) is 1. The minimum atomic E-state index is -4.04. The number of carbonyl (C=O) groups excluding carboxylic acids is 3. The summed E-state index contributed by atoms with van der Waals surface area (Å²) in [4.78, 5) is 38.2. The summed E-state index contributed by atoms with van der Waals surface area (Å²) in [5, 5.41) is 2.47. The number of rotatable bonds is 7. The Morgan fingerprint density at radius 3 is 2.58 bits per heavy atom. The van der Waals surface area contributed by atoms with E-state index in [1.54, 1.807) is 38.2 Å². The number of methoxy groups -OCH3 is 1. The maximum atomic E-state index is 12.6. The van der Waals surface area contributed by atoms with Crippen molar-refractivity contribution in [3.8, 4) is 11.5 Å². The molecule has 0 bridgehead atoms. The van der Waals surface area contributed by atoms with Gasteiger partial charge in [0.15, 0.2) is 21.7 Å². The van der Waals surface area contributed by atoms with Gasteiger partial charge in [0.25, 0.3) is 5.91 Å². The van der Waals surface area contributed by atoms with Gasteiger partial charge in [0.1, 0.15) is 23.0 Å². The van der Waals surface area contributed by atoms with Crippen LogP contribution in [0.25, 0.3) is 0 Å². The molecule has 9 nitrogen and oxygen atoms in total. The average molecular weight is 446 g/mol. The van der Waals surface area contributed by atoms with Gasteiger partial charge in [-0.1, -0.05) is 12.1 Å². The van der Waals surface area contributed by atoms with E-state index in [1.807, 2.05) is 0 Å². The predicted octanol–water partition coefficient (Wildman–Crippen LogP) is 1.68. The van der Waals surface area contributed by atoms with E-state index in [0.29, 0.717) is 22.9 Å². The van der Waals surface area contributed by atoms with Crippen molar-refractivity contribution in [2.75, 3.05) is 35.9 Å². The first-order chi connectivity index (χ1) is 14.6. The second-order valence-corrected chi connectivity index (χ2v) is 9.11. The van der Waals surface area contributed by atoms with Gasteiger partial charge >= 0.3 is 0 Å². The number of para-hydroxylation sites is 2. The molecule has 31 heavy (non-hydrogen) atoms. The highest BCUT2D eigenvalue weighted by Crippen LogP contribution is 2.34. The van der Waals surface area contributed by atoms with E-state index in [2.05, 4.69) is 5.32 Å². The molecule has 2 aromatic carbocycles. The van der Waals surface area contributed by atoms with Crippen molar-refractivity contribution in [2.45, 2.75) is 13.0 Å². The highest BCUT2D eigenvalue weighted by Gasteiger charge is 2.30. The SMILES string of the molecule is COc1ccccc1NC(=O)CS(=O)(=O)CC(=O)c1ccc2c(c1)N(C)C(=O)C(C)O2. The van der Waals surface area contributed by atoms with Crippen LogP contribution in [0.15, 0.2) is 42.5 Å². The number of nitrogens with one attached hydrogen (secondary N) is 1. The lowest BCUT2D eigenvalue weighted by Gasteiger charge is -2.30. The number of hydrogen-bond acceptors (Lipinski definition) is 7. The van der Waals surface area contributed by atoms with E-state index in [1.165, 1.54) is 30.2 Å². The molecule has 1 heterocycles. The van der Waals surface area contributed by atoms with Gasteiger partial charge in [0.2, 0.25) is 5.91 Å². The minimum Gasteiger partial charge on any atom is -0.495 e. The van der Waals surface area contributed by atoms with Crippen molar-refractivity contribution in [3.05, 3.63) is 48.0 Å². The van der Waals surface area contributed by atoms with Gasteiger partial charge < -0.3 is 19.7 Å². The lowest BCUT2D eigenvalue weighted by molar-refractivity contribution is -0.125. The molecular weight excluding hydrogens is 424 g/mol. The molecule has 0 saturated heterocycles. The van der Waals surface area contributed by atoms with Crippen LogP contribution in [-0.4, -0.2) is 57.8 Å². The standard InChI is InChI=1S/C21H22N2O7S/c1-13-21(26)23(2)16-10-14(8-9-19(16)30-13)17(24)11-31(27,28)12-20(25)22-15-6-4-5-7-18(15)29-3/h4-10,13H,11-12H2,1-3H3,(H,22,25). The topological polar surface area (TPSA) is 119 Å². The molecule has 0 saturated carbocycles. The number of sulfone groups is 1. The van der Waals surface area contributed by atoms with Crippen LogP contribution in [0, 0.1) is 0 Å². The number of carbonyl (C=O) groups is 3. The number of anilines is 2. The van der Waals surface area contributed by atoms with Crippen molar-refractivity contribution in [1.29, 1.82) is 0 Å². The van der Waals surface area contributed by atoms with Gasteiger partial charge in [-0.3, -0.25) is 14.4 Å². The Morgan fingerprint density at radius 2 is 1.87 bits per heavy atom. The molecule has 0 fully saturated rings. The van der Waals surface area contributed by atoms with Crippen LogP contribution in [0.3, 0.4) is 0 Å². The quantitative estimate of drug-likeness (QED) is 0.643. The normalized spacial score (nSPS) is 15.6. The Balaban J connectivity index is 1.70. The van der Waals surface area contributed by atoms with E-state index in [-0.39, 0.29) is 11.5 Å². The van der Waals surface area contributed by atoms with Gasteiger partial charge in [-0.15, -0.1) is 0 Å². The lowest BCUT2D eigenvalue weighted by Crippen LogP contribution is -2.42. The van der Waals surface area contributed by atoms with E-state index in [4.69, 9.17) is 9.47 Å². The zero-order valence-electron chi connectivity index (χ0n) is 17.2. The first-order valence-electron chi connectivity index (χ1n) is 9.36. The number of ketones is 1. The maximum absolute atomic E-state index is 12.6. The van der Waals surface area contributed by atoms with E-state index in [9.17, 15) is 22.8 Å². The highest BCUT2D eigenvalue weighted by atomic mass is 32.2. The zero-order valence-corrected chi connectivity index (χ0v) is 18.1. The smallest absolute Gasteiger partial charge is 0.267 e. The molecule has 0 spiro atoms. The Morgan fingerprint density at radius 1 is 1.16 bits per heavy atom. The molecule has 1 aliphatic rings. The summed E-state index contributed by atoms with van der Waals surface area (Å²) in [6, 6.07) is 10.9. The Kier molecular flexibility index (Phi) is 6.30. The van der Waals surface area contributed by atoms with Crippen LogP contribution >= 0.6 is 0 Å². The van der Waals surface area contributed by atoms with Crippen LogP contribution in [-0.2, 0) is 19.4 Å². The summed E-state index contributed by atoms with van der Waals surface area (Å²) in [5.74, 6) is -2.65. The van der Waals surface area contributed by atoms with Crippen molar-refractivity contribution in [1.82, 2.24) is 0 Å². The third kappa shape index (κ3) is 5.02. The summed E-state index contributed by atoms with van der Waals surface area (Å²) in [7, 11) is -1.06. The second-order valence-electron chi connectivity index (χ2n) is 7.04. The molecule has 1 unspecified atom stereocenters. The van der Waals surface area contributed by atoms with Crippen LogP contribution in [0.2, 0.25) is 0 Å². The van der Waals surface area contributed by atoms with Crippen molar-refractivity contribution in [3.63, 3.8) is 0 Å². The van der Waals surface area contributed by atoms with Crippen LogP contribution < -0.4 is 19.7 Å². The van der Waals surface area contributed by atoms with Gasteiger partial charge in [-0.25, -0.2) is 8.42 Å². The van der Waals surface area contributed by atoms with Crippen molar-refractivity contribution in [2.24, 2.45) is 0 Å². The Bertz CT molecular complexity index is 1140. The second kappa shape index (κ2) is 8.76. The fraction of sp³-hybridized carbons (Fsp3) is 0.286. The monoisotopic (exact) mass is 446 g/mol. The molecule has 0 radical (unpaired) electrons. The number of benzene rings is 2. The van der Waals surface area contributed by atoms with Crippen LogP contribution in [0.1, 0.15) is 17.3 Å². The third-order valence-electron chi connectivity index (χ3n) is 4.71. The van der Waals surface area contributed by atoms with Gasteiger partial charge in [0, 0.05) is 12.6 Å². The highest BCUT2D eigenvalue weighted by molar-refractivity contribution is 7.92. The summed E-state index contributed by atoms with van der Waals surface area (Å²) in [5.41, 5.74) is 0.804. The molecule has 3 rings (SSSR count). The molecule has 2 aromatic rings. The van der Waals surface area contributed by atoms with E-state index in [0.717, 1.165) is 0 Å². The van der Waals surface area contributed by atoms with Crippen molar-refractivity contribution < 1.29 is 32.3 Å². The summed E-state index contributed by atoms with van der Waals surface area (Å²) in [6.07, 6.45) is -0.652. The fourth-order valence-electron chi connectivity index (χ4n) is 3.15. The number of likely N-dealkylation sites (N-methyl/N-ethyl adjacent to an activating group) is 1. The number of amides is 2. The summed E-state index contributed by atoms with van der Waals surface area (Å²) >= 11 is 0. The Labute approximate surface area is 179 Å². The minimum absolute atomic E-state index is 0.102. The summed E-state index contributed by atoms with van der Waals surface area (Å²) < 4.78 is 35.4. The number of fused-ring (bicyclic) bond motifs is 1. The molecule has 0 aromatic heterocycles. The first-order valence-corrected chi connectivity index (χ1v) is 11.2. The fourth-order valence-corrected chi connectivity index (χ4v) is 4.29. The van der Waals surface area contributed by atoms with Crippen molar-refractivity contribution >= 4 is 38.8 Å². The number of Topliss-reactive ketones (excluding diaryl/α,β-unsaturated/α-hetero) is 1. The lowest BCUT2D eigenvalue weighted by atomic mass is 10.1. The van der Waals surface area contributed by atoms with E-state index < -0.39 is 39.1 Å². The molecule has 2 amide bonds. The largest absolute Gasteiger partial charge is 0.495 e. The molecule has 0 aliphatic carbocycles. The molecule has 1 aliphatic heterocycles. The van der Waals surface area contributed by atoms with Gasteiger partial charge in [-0.05, 0) is 37.3 Å². The van der Waals surface area contributed by atoms with Crippen LogP contribution in [0.4, 0.5) is 11.4 Å². The molecule has 10 heteroatoms. The number of ether oxygens (including phenoxy) is 2. The van der Waals surface area contributed by atoms with Gasteiger partial charge in [0.05, 0.1) is 18.5 Å². The number of nitrogens with zero attached hydrogens (tertiary/aromatic N) is 1. The molecular formula is C21H22N2O7S. The maximum Gasteiger partial charge on any atom is 0.267 e. The Hall–Kier alpha value is -3.40. The third-order valence-corrected chi connectivity index (χ3v) is 6.11. The first kappa shape index (κ1) is 22.3. The zero-order chi connectivity index (χ0) is 22.8. The summed E-state index contributed by atoms with van der Waals surface area (Å²) in [6.45, 7) is 1.61. The predicted molar refractivity (Wildman–Crippen MR) is 115 cm³/mol. The molecule has 1 atom stereocenters. The average Bonchev–Trinajstić information content (AvgIpc) is 2.71. The van der Waals surface area contributed by atoms with Crippen LogP contribution in [0.5, 0.6) is 11.5 Å². The molecule has 164 valence electrons. The van der Waals surface area contributed by atoms with Gasteiger partial charge in [-0.2, -0.15) is 0 Å².